The van der Waals surface area contributed by atoms with Crippen molar-refractivity contribution in [1.29, 1.82) is 0 Å². The van der Waals surface area contributed by atoms with E-state index in [9.17, 15) is 29.3 Å². The van der Waals surface area contributed by atoms with Crippen molar-refractivity contribution >= 4 is 35.1 Å². The number of benzene rings is 3. The fourth-order valence-corrected chi connectivity index (χ4v) is 7.08. The lowest BCUT2D eigenvalue weighted by molar-refractivity contribution is -0.383. The van der Waals surface area contributed by atoms with Crippen LogP contribution in [0, 0.1) is 27.9 Å². The molecule has 44 heavy (non-hydrogen) atoms. The van der Waals surface area contributed by atoms with E-state index in [1.807, 2.05) is 62.4 Å². The van der Waals surface area contributed by atoms with E-state index in [4.69, 9.17) is 9.47 Å². The highest BCUT2D eigenvalue weighted by atomic mass is 16.6. The number of nitro groups is 1. The fourth-order valence-electron chi connectivity index (χ4n) is 7.08. The molecule has 0 radical (unpaired) electrons. The van der Waals surface area contributed by atoms with Crippen LogP contribution in [0.4, 0.5) is 11.4 Å². The van der Waals surface area contributed by atoms with E-state index >= 15 is 0 Å². The Morgan fingerprint density at radius 2 is 1.43 bits per heavy atom. The number of nitrogens with one attached hydrogen (secondary N) is 1. The van der Waals surface area contributed by atoms with Crippen molar-refractivity contribution in [2.24, 2.45) is 17.8 Å². The van der Waals surface area contributed by atoms with Crippen molar-refractivity contribution in [3.05, 3.63) is 99.1 Å². The monoisotopic (exact) mass is 597 g/mol. The zero-order valence-electron chi connectivity index (χ0n) is 24.4. The summed E-state index contributed by atoms with van der Waals surface area (Å²) >= 11 is 0. The average Bonchev–Trinajstić information content (AvgIpc) is 3.28. The highest BCUT2D eigenvalue weighted by Gasteiger charge is 2.63. The standard InChI is InChI=1S/C33H31N3O8/c1-17(2)14-25(33(40)44-16-26(37)34-23-15-18(43-3)12-13-24(23)36(41)42)35-31(38)29-27-19-8-4-5-9-20(19)28(30(29)32(35)39)22-11-7-6-10-21(22)27/h4-13,15,17,25,27-30H,14,16H2,1-3H3,(H,34,37)/t25-,27?,28?,29-,30-/m0/s1. The zero-order valence-corrected chi connectivity index (χ0v) is 24.4. The maximum Gasteiger partial charge on any atom is 0.329 e. The Morgan fingerprint density at radius 3 is 1.89 bits per heavy atom. The van der Waals surface area contributed by atoms with Gasteiger partial charge in [0.15, 0.2) is 6.61 Å². The predicted molar refractivity (Wildman–Crippen MR) is 158 cm³/mol. The highest BCUT2D eigenvalue weighted by Crippen LogP contribution is 2.61. The number of amides is 3. The second-order valence-corrected chi connectivity index (χ2v) is 11.8. The molecule has 3 amide bonds. The van der Waals surface area contributed by atoms with Crippen LogP contribution in [0.15, 0.2) is 66.7 Å². The molecule has 3 aromatic carbocycles. The lowest BCUT2D eigenvalue weighted by Crippen LogP contribution is -2.47. The molecule has 3 atom stereocenters. The van der Waals surface area contributed by atoms with E-state index in [1.165, 1.54) is 25.3 Å². The van der Waals surface area contributed by atoms with Gasteiger partial charge in [-0.2, -0.15) is 0 Å². The number of likely N-dealkylation sites (tertiary alicyclic amines) is 1. The Balaban J connectivity index is 1.25. The largest absolute Gasteiger partial charge is 0.497 e. The number of nitro benzene ring substituents is 1. The minimum Gasteiger partial charge on any atom is -0.497 e. The van der Waals surface area contributed by atoms with Crippen molar-refractivity contribution in [2.45, 2.75) is 38.1 Å². The van der Waals surface area contributed by atoms with E-state index in [0.29, 0.717) is 0 Å². The summed E-state index contributed by atoms with van der Waals surface area (Å²) in [5.41, 5.74) is 3.59. The average molecular weight is 598 g/mol. The van der Waals surface area contributed by atoms with Crippen molar-refractivity contribution in [3.8, 4) is 5.75 Å². The number of ether oxygens (including phenoxy) is 2. The summed E-state index contributed by atoms with van der Waals surface area (Å²) in [5.74, 6) is -4.31. The van der Waals surface area contributed by atoms with E-state index in [1.54, 1.807) is 0 Å². The van der Waals surface area contributed by atoms with Crippen molar-refractivity contribution in [1.82, 2.24) is 4.90 Å². The molecule has 1 heterocycles. The summed E-state index contributed by atoms with van der Waals surface area (Å²) in [6.45, 7) is 2.96. The number of esters is 1. The zero-order chi connectivity index (χ0) is 31.3. The molecule has 0 spiro atoms. The van der Waals surface area contributed by atoms with Gasteiger partial charge in [-0.1, -0.05) is 62.4 Å². The van der Waals surface area contributed by atoms with Crippen LogP contribution in [-0.2, 0) is 23.9 Å². The van der Waals surface area contributed by atoms with Gasteiger partial charge in [0, 0.05) is 24.0 Å². The molecule has 1 fully saturated rings. The minimum absolute atomic E-state index is 0.0878. The lowest BCUT2D eigenvalue weighted by Gasteiger charge is -2.45. The van der Waals surface area contributed by atoms with Gasteiger partial charge in [0.25, 0.3) is 11.6 Å². The number of anilines is 1. The van der Waals surface area contributed by atoms with Crippen LogP contribution in [-0.4, -0.2) is 53.3 Å². The topological polar surface area (TPSA) is 145 Å². The van der Waals surface area contributed by atoms with Crippen molar-refractivity contribution in [2.75, 3.05) is 19.0 Å². The van der Waals surface area contributed by atoms with E-state index in [2.05, 4.69) is 5.32 Å². The number of hydrogen-bond donors (Lipinski definition) is 1. The van der Waals surface area contributed by atoms with Crippen molar-refractivity contribution in [3.63, 3.8) is 0 Å². The number of carbonyl (C=O) groups excluding carboxylic acids is 4. The smallest absolute Gasteiger partial charge is 0.329 e. The predicted octanol–water partition coefficient (Wildman–Crippen LogP) is 4.39. The first-order chi connectivity index (χ1) is 21.1. The normalized spacial score (nSPS) is 21.8. The molecule has 3 aromatic rings. The molecule has 0 unspecified atom stereocenters. The summed E-state index contributed by atoms with van der Waals surface area (Å²) < 4.78 is 10.4. The molecule has 3 aliphatic carbocycles. The van der Waals surface area contributed by atoms with Crippen LogP contribution in [0.25, 0.3) is 0 Å². The Hall–Kier alpha value is -5.06. The van der Waals surface area contributed by atoms with Crippen LogP contribution in [0.3, 0.4) is 0 Å². The maximum atomic E-state index is 14.2. The highest BCUT2D eigenvalue weighted by molar-refractivity contribution is 6.10. The molecular weight excluding hydrogens is 566 g/mol. The van der Waals surface area contributed by atoms with Crippen LogP contribution < -0.4 is 10.1 Å². The van der Waals surface area contributed by atoms with Crippen molar-refractivity contribution < 1.29 is 33.6 Å². The van der Waals surface area contributed by atoms with Gasteiger partial charge in [-0.3, -0.25) is 29.4 Å². The summed E-state index contributed by atoms with van der Waals surface area (Å²) in [4.78, 5) is 66.5. The molecule has 2 bridgehead atoms. The number of carbonyl (C=O) groups is 4. The second kappa shape index (κ2) is 11.2. The van der Waals surface area contributed by atoms with E-state index in [-0.39, 0.29) is 41.3 Å². The molecule has 0 aromatic heterocycles. The summed E-state index contributed by atoms with van der Waals surface area (Å²) in [6.07, 6.45) is 0.147. The maximum absolute atomic E-state index is 14.2. The van der Waals surface area contributed by atoms with Gasteiger partial charge in [-0.15, -0.1) is 0 Å². The fraction of sp³-hybridized carbons (Fsp3) is 0.333. The third kappa shape index (κ3) is 4.68. The molecule has 0 saturated carbocycles. The van der Waals surface area contributed by atoms with Crippen LogP contribution >= 0.6 is 0 Å². The number of methoxy groups -OCH3 is 1. The second-order valence-electron chi connectivity index (χ2n) is 11.8. The third-order valence-corrected chi connectivity index (χ3v) is 8.78. The summed E-state index contributed by atoms with van der Waals surface area (Å²) in [7, 11) is 1.38. The first kappa shape index (κ1) is 29.0. The number of hydrogen-bond acceptors (Lipinski definition) is 8. The van der Waals surface area contributed by atoms with E-state index in [0.717, 1.165) is 27.2 Å². The Morgan fingerprint density at radius 1 is 0.909 bits per heavy atom. The van der Waals surface area contributed by atoms with Crippen LogP contribution in [0.1, 0.15) is 54.4 Å². The molecule has 4 aliphatic rings. The van der Waals surface area contributed by atoms with Gasteiger partial charge in [0.2, 0.25) is 11.8 Å². The SMILES string of the molecule is COc1ccc([N+](=O)[O-])c(NC(=O)COC(=O)[C@H](CC(C)C)N2C(=O)[C@H]3C4c5ccccc5C(c5ccccc54)[C@@H]3C2=O)c1. The molecular formula is C33H31N3O8. The van der Waals surface area contributed by atoms with Gasteiger partial charge < -0.3 is 14.8 Å². The first-order valence-corrected chi connectivity index (χ1v) is 14.5. The third-order valence-electron chi connectivity index (χ3n) is 8.78. The quantitative estimate of drug-likeness (QED) is 0.165. The van der Waals surface area contributed by atoms with Gasteiger partial charge in [-0.25, -0.2) is 4.79 Å². The number of imide groups is 1. The molecule has 1 N–H and O–H groups in total. The Kier molecular flexibility index (Phi) is 7.40. The molecule has 1 aliphatic heterocycles. The molecule has 7 rings (SSSR count). The van der Waals surface area contributed by atoms with Gasteiger partial charge in [0.1, 0.15) is 17.5 Å². The molecule has 1 saturated heterocycles. The van der Waals surface area contributed by atoms with Gasteiger partial charge >= 0.3 is 5.97 Å². The number of nitrogens with zero attached hydrogens (tertiary/aromatic N) is 2. The van der Waals surface area contributed by atoms with Gasteiger partial charge in [-0.05, 0) is 40.7 Å². The lowest BCUT2D eigenvalue weighted by atomic mass is 9.55. The Bertz CT molecular complexity index is 1590. The number of rotatable bonds is 9. The Labute approximate surface area is 253 Å². The summed E-state index contributed by atoms with van der Waals surface area (Å²) in [5, 5.41) is 13.8. The minimum atomic E-state index is -1.23. The van der Waals surface area contributed by atoms with Crippen LogP contribution in [0.2, 0.25) is 0 Å². The molecule has 11 heteroatoms. The van der Waals surface area contributed by atoms with Crippen LogP contribution in [0.5, 0.6) is 5.75 Å². The van der Waals surface area contributed by atoms with E-state index < -0.39 is 53.1 Å². The summed E-state index contributed by atoms with van der Waals surface area (Å²) in [6, 6.07) is 18.4. The molecule has 226 valence electrons. The van der Waals surface area contributed by atoms with Gasteiger partial charge in [0.05, 0.1) is 23.9 Å². The molecule has 11 nitrogen and oxygen atoms in total. The first-order valence-electron chi connectivity index (χ1n) is 14.5.